The van der Waals surface area contributed by atoms with E-state index in [0.717, 1.165) is 43.6 Å². The maximum absolute atomic E-state index is 13.9. The lowest BCUT2D eigenvalue weighted by Gasteiger charge is -2.23. The monoisotopic (exact) mass is 268 g/mol. The number of nitrogens with zero attached hydrogens (tertiary/aromatic N) is 1. The summed E-state index contributed by atoms with van der Waals surface area (Å²) in [6.07, 6.45) is 2.84. The third-order valence-corrected chi connectivity index (χ3v) is 3.21. The Kier molecular flexibility index (Phi) is 7.45. The molecule has 108 valence electrons. The predicted molar refractivity (Wildman–Crippen MR) is 78.0 cm³/mol. The first-order chi connectivity index (χ1) is 9.20. The van der Waals surface area contributed by atoms with E-state index < -0.39 is 0 Å². The lowest BCUT2D eigenvalue weighted by molar-refractivity contribution is 0.283. The number of hydrogen-bond acceptors (Lipinski definition) is 3. The maximum Gasteiger partial charge on any atom is 0.129 e. The first-order valence-corrected chi connectivity index (χ1v) is 7.00. The Morgan fingerprint density at radius 3 is 2.74 bits per heavy atom. The van der Waals surface area contributed by atoms with Gasteiger partial charge in [-0.1, -0.05) is 13.0 Å². The van der Waals surface area contributed by atoms with Crippen LogP contribution in [0.4, 0.5) is 10.1 Å². The van der Waals surface area contributed by atoms with E-state index in [1.165, 1.54) is 6.07 Å². The van der Waals surface area contributed by atoms with Crippen LogP contribution in [0.5, 0.6) is 0 Å². The van der Waals surface area contributed by atoms with Crippen LogP contribution >= 0.6 is 0 Å². The molecule has 4 heteroatoms. The third-order valence-electron chi connectivity index (χ3n) is 3.21. The van der Waals surface area contributed by atoms with Gasteiger partial charge in [0.2, 0.25) is 0 Å². The minimum atomic E-state index is -0.152. The van der Waals surface area contributed by atoms with Gasteiger partial charge in [0.1, 0.15) is 5.82 Å². The molecule has 0 bridgehead atoms. The molecule has 0 radical (unpaired) electrons. The fourth-order valence-corrected chi connectivity index (χ4v) is 2.09. The molecule has 0 aromatic heterocycles. The third kappa shape index (κ3) is 5.17. The molecule has 0 saturated carbocycles. The smallest absolute Gasteiger partial charge is 0.129 e. The zero-order chi connectivity index (χ0) is 14.1. The number of unbranched alkanes of at least 4 members (excludes halogenated alkanes) is 2. The number of hydrogen-bond donors (Lipinski definition) is 2. The number of nitrogens with one attached hydrogen (secondary N) is 1. The number of anilines is 1. The quantitative estimate of drug-likeness (QED) is 0.676. The Morgan fingerprint density at radius 2 is 2.05 bits per heavy atom. The summed E-state index contributed by atoms with van der Waals surface area (Å²) in [6.45, 7) is 4.52. The molecule has 0 aliphatic rings. The van der Waals surface area contributed by atoms with Gasteiger partial charge < -0.3 is 15.3 Å². The van der Waals surface area contributed by atoms with Gasteiger partial charge >= 0.3 is 0 Å². The highest BCUT2D eigenvalue weighted by molar-refractivity contribution is 5.53. The SMILES string of the molecule is CCNCc1c(F)cccc1N(C)CCCCCO. The van der Waals surface area contributed by atoms with E-state index >= 15 is 0 Å². The van der Waals surface area contributed by atoms with Gasteiger partial charge in [0.15, 0.2) is 0 Å². The van der Waals surface area contributed by atoms with Crippen LogP contribution in [0.2, 0.25) is 0 Å². The summed E-state index contributed by atoms with van der Waals surface area (Å²) in [6, 6.07) is 5.22. The van der Waals surface area contributed by atoms with Crippen LogP contribution in [0.25, 0.3) is 0 Å². The highest BCUT2D eigenvalue weighted by Gasteiger charge is 2.11. The number of aliphatic hydroxyl groups excluding tert-OH is 1. The van der Waals surface area contributed by atoms with Gasteiger partial charge in [-0.25, -0.2) is 4.39 Å². The second-order valence-corrected chi connectivity index (χ2v) is 4.72. The molecule has 1 aromatic carbocycles. The molecule has 0 heterocycles. The van der Waals surface area contributed by atoms with Gasteiger partial charge in [0, 0.05) is 38.0 Å². The van der Waals surface area contributed by atoms with E-state index in [1.807, 2.05) is 20.0 Å². The molecule has 0 spiro atoms. The van der Waals surface area contributed by atoms with E-state index in [1.54, 1.807) is 6.07 Å². The van der Waals surface area contributed by atoms with Crippen molar-refractivity contribution in [3.05, 3.63) is 29.6 Å². The second-order valence-electron chi connectivity index (χ2n) is 4.72. The first kappa shape index (κ1) is 15.9. The highest BCUT2D eigenvalue weighted by Crippen LogP contribution is 2.22. The van der Waals surface area contributed by atoms with Crippen molar-refractivity contribution in [1.82, 2.24) is 5.32 Å². The molecule has 0 aliphatic heterocycles. The van der Waals surface area contributed by atoms with E-state index in [-0.39, 0.29) is 12.4 Å². The molecule has 2 N–H and O–H groups in total. The van der Waals surface area contributed by atoms with Crippen LogP contribution in [-0.2, 0) is 6.54 Å². The van der Waals surface area contributed by atoms with Gasteiger partial charge in [0.05, 0.1) is 0 Å². The molecule has 0 amide bonds. The Balaban J connectivity index is 2.66. The highest BCUT2D eigenvalue weighted by atomic mass is 19.1. The molecule has 1 rings (SSSR count). The van der Waals surface area contributed by atoms with Crippen molar-refractivity contribution in [3.63, 3.8) is 0 Å². The zero-order valence-electron chi connectivity index (χ0n) is 12.0. The average molecular weight is 268 g/mol. The predicted octanol–water partition coefficient (Wildman–Crippen LogP) is 2.53. The molecule has 0 fully saturated rings. The number of rotatable bonds is 9. The van der Waals surface area contributed by atoms with Gasteiger partial charge in [-0.05, 0) is 37.9 Å². The van der Waals surface area contributed by atoms with E-state index in [2.05, 4.69) is 10.2 Å². The number of aliphatic hydroxyl groups is 1. The summed E-state index contributed by atoms with van der Waals surface area (Å²) in [4.78, 5) is 2.09. The first-order valence-electron chi connectivity index (χ1n) is 7.00. The summed E-state index contributed by atoms with van der Waals surface area (Å²) in [5, 5.41) is 11.9. The van der Waals surface area contributed by atoms with Crippen molar-refractivity contribution < 1.29 is 9.50 Å². The van der Waals surface area contributed by atoms with Crippen LogP contribution < -0.4 is 10.2 Å². The normalized spacial score (nSPS) is 10.7. The molecule has 19 heavy (non-hydrogen) atoms. The lowest BCUT2D eigenvalue weighted by Crippen LogP contribution is -2.23. The van der Waals surface area contributed by atoms with Crippen molar-refractivity contribution in [2.45, 2.75) is 32.7 Å². The zero-order valence-corrected chi connectivity index (χ0v) is 12.0. The fourth-order valence-electron chi connectivity index (χ4n) is 2.09. The van der Waals surface area contributed by atoms with Crippen LogP contribution in [-0.4, -0.2) is 31.9 Å². The molecular weight excluding hydrogens is 243 g/mol. The van der Waals surface area contributed by atoms with Gasteiger partial charge in [-0.15, -0.1) is 0 Å². The minimum Gasteiger partial charge on any atom is -0.396 e. The van der Waals surface area contributed by atoms with Gasteiger partial charge in [-0.3, -0.25) is 0 Å². The van der Waals surface area contributed by atoms with Crippen molar-refractivity contribution in [2.75, 3.05) is 31.6 Å². The molecule has 0 atom stereocenters. The summed E-state index contributed by atoms with van der Waals surface area (Å²) < 4.78 is 13.9. The van der Waals surface area contributed by atoms with Gasteiger partial charge in [-0.2, -0.15) is 0 Å². The summed E-state index contributed by atoms with van der Waals surface area (Å²) in [5.41, 5.74) is 1.68. The number of benzene rings is 1. The lowest BCUT2D eigenvalue weighted by atomic mass is 10.1. The van der Waals surface area contributed by atoms with E-state index in [4.69, 9.17) is 5.11 Å². The average Bonchev–Trinajstić information content (AvgIpc) is 2.42. The van der Waals surface area contributed by atoms with Crippen LogP contribution in [0, 0.1) is 5.82 Å². The van der Waals surface area contributed by atoms with E-state index in [0.29, 0.717) is 6.54 Å². The van der Waals surface area contributed by atoms with Crippen molar-refractivity contribution in [2.24, 2.45) is 0 Å². The van der Waals surface area contributed by atoms with Crippen LogP contribution in [0.3, 0.4) is 0 Å². The van der Waals surface area contributed by atoms with Gasteiger partial charge in [0.25, 0.3) is 0 Å². The van der Waals surface area contributed by atoms with E-state index in [9.17, 15) is 4.39 Å². The molecule has 1 aromatic rings. The molecule has 0 unspecified atom stereocenters. The van der Waals surface area contributed by atoms with Crippen LogP contribution in [0.15, 0.2) is 18.2 Å². The maximum atomic E-state index is 13.9. The summed E-state index contributed by atoms with van der Waals surface area (Å²) in [7, 11) is 1.99. The standard InChI is InChI=1S/C15H25FN2O/c1-3-17-12-13-14(16)8-7-9-15(13)18(2)10-5-4-6-11-19/h7-9,17,19H,3-6,10-12H2,1-2H3. The van der Waals surface area contributed by atoms with Crippen LogP contribution in [0.1, 0.15) is 31.7 Å². The number of halogens is 1. The largest absolute Gasteiger partial charge is 0.396 e. The fraction of sp³-hybridized carbons (Fsp3) is 0.600. The topological polar surface area (TPSA) is 35.5 Å². The Hall–Kier alpha value is -1.13. The summed E-state index contributed by atoms with van der Waals surface area (Å²) >= 11 is 0. The molecule has 3 nitrogen and oxygen atoms in total. The summed E-state index contributed by atoms with van der Waals surface area (Å²) in [5.74, 6) is -0.152. The Bertz CT molecular complexity index is 371. The minimum absolute atomic E-state index is 0.152. The second kappa shape index (κ2) is 8.88. The van der Waals surface area contributed by atoms with Crippen molar-refractivity contribution in [3.8, 4) is 0 Å². The Morgan fingerprint density at radius 1 is 1.26 bits per heavy atom. The van der Waals surface area contributed by atoms with Crippen molar-refractivity contribution in [1.29, 1.82) is 0 Å². The van der Waals surface area contributed by atoms with Crippen molar-refractivity contribution >= 4 is 5.69 Å². The Labute approximate surface area is 115 Å². The molecule has 0 aliphatic carbocycles. The molecular formula is C15H25FN2O. The molecule has 0 saturated heterocycles.